The summed E-state index contributed by atoms with van der Waals surface area (Å²) in [4.78, 5) is 13.9. The van der Waals surface area contributed by atoms with Crippen molar-refractivity contribution in [2.45, 2.75) is 39.2 Å². The summed E-state index contributed by atoms with van der Waals surface area (Å²) in [7, 11) is 1.48. The molecule has 1 aliphatic heterocycles. The van der Waals surface area contributed by atoms with Crippen molar-refractivity contribution in [3.8, 4) is 11.5 Å². The number of carbonyl (C=O) groups is 1. The zero-order chi connectivity index (χ0) is 17.7. The minimum absolute atomic E-state index is 0.120. The molecule has 1 heterocycles. The Morgan fingerprint density at radius 1 is 1.38 bits per heavy atom. The lowest BCUT2D eigenvalue weighted by atomic mass is 9.99. The highest BCUT2D eigenvalue weighted by atomic mass is 19.1. The largest absolute Gasteiger partial charge is 0.493 e. The molecule has 0 N–H and O–H groups in total. The Balaban J connectivity index is 1.93. The molecule has 0 aromatic heterocycles. The number of para-hydroxylation sites is 1. The van der Waals surface area contributed by atoms with Crippen LogP contribution in [0.25, 0.3) is 0 Å². The molecule has 134 valence electrons. The maximum atomic E-state index is 13.9. The molecular weight excluding hydrogens is 313 g/mol. The van der Waals surface area contributed by atoms with E-state index in [2.05, 4.69) is 0 Å². The SMILES string of the molecule is COc1cccc(F)c1OC[C@H]1CCCN(C(=O)OC(C)(C)C)C1. The van der Waals surface area contributed by atoms with Gasteiger partial charge in [-0.15, -0.1) is 0 Å². The topological polar surface area (TPSA) is 48.0 Å². The van der Waals surface area contributed by atoms with Crippen molar-refractivity contribution in [2.24, 2.45) is 5.92 Å². The van der Waals surface area contributed by atoms with Crippen molar-refractivity contribution in [1.82, 2.24) is 4.90 Å². The summed E-state index contributed by atoms with van der Waals surface area (Å²) >= 11 is 0. The quantitative estimate of drug-likeness (QED) is 0.836. The molecule has 0 aliphatic carbocycles. The van der Waals surface area contributed by atoms with Gasteiger partial charge in [-0.2, -0.15) is 0 Å². The minimum Gasteiger partial charge on any atom is -0.493 e. The van der Waals surface area contributed by atoms with Gasteiger partial charge in [0.15, 0.2) is 17.3 Å². The molecule has 2 rings (SSSR count). The van der Waals surface area contributed by atoms with Crippen molar-refractivity contribution in [3.63, 3.8) is 0 Å². The summed E-state index contributed by atoms with van der Waals surface area (Å²) < 4.78 is 30.1. The van der Waals surface area contributed by atoms with Crippen LogP contribution in [0.2, 0.25) is 0 Å². The lowest BCUT2D eigenvalue weighted by molar-refractivity contribution is 0.0137. The molecule has 1 fully saturated rings. The first-order chi connectivity index (χ1) is 11.3. The Hall–Kier alpha value is -1.98. The van der Waals surface area contributed by atoms with Crippen LogP contribution < -0.4 is 9.47 Å². The van der Waals surface area contributed by atoms with E-state index in [1.54, 1.807) is 17.0 Å². The van der Waals surface area contributed by atoms with Gasteiger partial charge in [-0.3, -0.25) is 0 Å². The number of rotatable bonds is 4. The number of ether oxygens (including phenoxy) is 3. The van der Waals surface area contributed by atoms with E-state index in [0.29, 0.717) is 25.4 Å². The van der Waals surface area contributed by atoms with Crippen LogP contribution >= 0.6 is 0 Å². The van der Waals surface area contributed by atoms with Gasteiger partial charge < -0.3 is 19.1 Å². The molecule has 1 aliphatic rings. The molecule has 0 bridgehead atoms. The number of likely N-dealkylation sites (tertiary alicyclic amines) is 1. The summed E-state index contributed by atoms with van der Waals surface area (Å²) in [5.41, 5.74) is -0.513. The van der Waals surface area contributed by atoms with Gasteiger partial charge in [0, 0.05) is 19.0 Å². The van der Waals surface area contributed by atoms with Crippen molar-refractivity contribution in [3.05, 3.63) is 24.0 Å². The zero-order valence-corrected chi connectivity index (χ0v) is 14.8. The first-order valence-corrected chi connectivity index (χ1v) is 8.23. The zero-order valence-electron chi connectivity index (χ0n) is 14.8. The maximum Gasteiger partial charge on any atom is 0.410 e. The molecule has 1 amide bonds. The van der Waals surface area contributed by atoms with Crippen LogP contribution in [-0.4, -0.2) is 43.4 Å². The van der Waals surface area contributed by atoms with Crippen molar-refractivity contribution in [1.29, 1.82) is 0 Å². The Kier molecular flexibility index (Phi) is 5.91. The molecule has 0 saturated carbocycles. The predicted octanol–water partition coefficient (Wildman–Crippen LogP) is 3.86. The van der Waals surface area contributed by atoms with E-state index in [1.165, 1.54) is 13.2 Å². The average molecular weight is 339 g/mol. The summed E-state index contributed by atoms with van der Waals surface area (Å²) in [5.74, 6) is 0.175. The van der Waals surface area contributed by atoms with E-state index >= 15 is 0 Å². The number of hydrogen-bond acceptors (Lipinski definition) is 4. The van der Waals surface area contributed by atoms with Gasteiger partial charge in [0.25, 0.3) is 0 Å². The smallest absolute Gasteiger partial charge is 0.410 e. The molecule has 1 atom stereocenters. The fraction of sp³-hybridized carbons (Fsp3) is 0.611. The van der Waals surface area contributed by atoms with Crippen molar-refractivity contribution >= 4 is 6.09 Å². The molecule has 1 aromatic rings. The second-order valence-corrected chi connectivity index (χ2v) is 7.02. The van der Waals surface area contributed by atoms with Gasteiger partial charge in [-0.1, -0.05) is 6.07 Å². The summed E-state index contributed by atoms with van der Waals surface area (Å²) in [5, 5.41) is 0. The van der Waals surface area contributed by atoms with Gasteiger partial charge in [-0.05, 0) is 45.7 Å². The summed E-state index contributed by atoms with van der Waals surface area (Å²) in [6.07, 6.45) is 1.49. The van der Waals surface area contributed by atoms with Gasteiger partial charge in [0.1, 0.15) is 5.60 Å². The highest BCUT2D eigenvalue weighted by Gasteiger charge is 2.28. The molecule has 0 spiro atoms. The number of halogens is 1. The first-order valence-electron chi connectivity index (χ1n) is 8.23. The van der Waals surface area contributed by atoms with Gasteiger partial charge in [0.2, 0.25) is 0 Å². The van der Waals surface area contributed by atoms with Crippen LogP contribution in [0.15, 0.2) is 18.2 Å². The second kappa shape index (κ2) is 7.73. The Labute approximate surface area is 142 Å². The lowest BCUT2D eigenvalue weighted by Crippen LogP contribution is -2.44. The second-order valence-electron chi connectivity index (χ2n) is 7.02. The number of nitrogens with zero attached hydrogens (tertiary/aromatic N) is 1. The number of amides is 1. The number of benzene rings is 1. The van der Waals surface area contributed by atoms with Gasteiger partial charge in [-0.25, -0.2) is 9.18 Å². The average Bonchev–Trinajstić information content (AvgIpc) is 2.52. The van der Waals surface area contributed by atoms with Crippen LogP contribution in [0.4, 0.5) is 9.18 Å². The van der Waals surface area contributed by atoms with E-state index in [1.807, 2.05) is 20.8 Å². The van der Waals surface area contributed by atoms with E-state index in [9.17, 15) is 9.18 Å². The number of methoxy groups -OCH3 is 1. The van der Waals surface area contributed by atoms with Crippen LogP contribution in [0.5, 0.6) is 11.5 Å². The number of hydrogen-bond donors (Lipinski definition) is 0. The highest BCUT2D eigenvalue weighted by Crippen LogP contribution is 2.31. The monoisotopic (exact) mass is 339 g/mol. The Bertz CT molecular complexity index is 571. The number of carbonyl (C=O) groups excluding carboxylic acids is 1. The van der Waals surface area contributed by atoms with Gasteiger partial charge >= 0.3 is 6.09 Å². The van der Waals surface area contributed by atoms with E-state index in [-0.39, 0.29) is 17.8 Å². The number of piperidine rings is 1. The highest BCUT2D eigenvalue weighted by molar-refractivity contribution is 5.68. The Morgan fingerprint density at radius 2 is 2.12 bits per heavy atom. The van der Waals surface area contributed by atoms with Crippen LogP contribution in [0.3, 0.4) is 0 Å². The van der Waals surface area contributed by atoms with Crippen LogP contribution in [0.1, 0.15) is 33.6 Å². The fourth-order valence-electron chi connectivity index (χ4n) is 2.68. The van der Waals surface area contributed by atoms with Crippen molar-refractivity contribution < 1.29 is 23.4 Å². The molecular formula is C18H26FNO4. The van der Waals surface area contributed by atoms with E-state index in [0.717, 1.165) is 12.8 Å². The third kappa shape index (κ3) is 5.01. The summed E-state index contributed by atoms with van der Waals surface area (Å²) in [6.45, 7) is 7.09. The molecule has 0 radical (unpaired) electrons. The lowest BCUT2D eigenvalue weighted by Gasteiger charge is -2.34. The molecule has 1 aromatic carbocycles. The minimum atomic E-state index is -0.513. The third-order valence-electron chi connectivity index (χ3n) is 3.78. The molecule has 6 heteroatoms. The molecule has 1 saturated heterocycles. The standard InChI is InChI=1S/C18H26FNO4/c1-18(2,3)24-17(21)20-10-6-7-13(11-20)12-23-16-14(19)8-5-9-15(16)22-4/h5,8-9,13H,6-7,10-12H2,1-4H3/t13-/m0/s1. The van der Waals surface area contributed by atoms with Crippen molar-refractivity contribution in [2.75, 3.05) is 26.8 Å². The van der Waals surface area contributed by atoms with Crippen LogP contribution in [-0.2, 0) is 4.74 Å². The predicted molar refractivity (Wildman–Crippen MR) is 89.0 cm³/mol. The third-order valence-corrected chi connectivity index (χ3v) is 3.78. The fourth-order valence-corrected chi connectivity index (χ4v) is 2.68. The van der Waals surface area contributed by atoms with E-state index < -0.39 is 11.4 Å². The molecule has 24 heavy (non-hydrogen) atoms. The van der Waals surface area contributed by atoms with Crippen LogP contribution in [0, 0.1) is 11.7 Å². The Morgan fingerprint density at radius 3 is 2.79 bits per heavy atom. The summed E-state index contributed by atoms with van der Waals surface area (Å²) in [6, 6.07) is 4.57. The molecule has 0 unspecified atom stereocenters. The molecule has 5 nitrogen and oxygen atoms in total. The first kappa shape index (κ1) is 18.4. The van der Waals surface area contributed by atoms with E-state index in [4.69, 9.17) is 14.2 Å². The maximum absolute atomic E-state index is 13.9. The van der Waals surface area contributed by atoms with Gasteiger partial charge in [0.05, 0.1) is 13.7 Å². The normalized spacial score (nSPS) is 18.2.